The second-order valence-electron chi connectivity index (χ2n) is 3.84. The van der Waals surface area contributed by atoms with Gasteiger partial charge in [-0.3, -0.25) is 0 Å². The molecule has 0 aliphatic heterocycles. The lowest BCUT2D eigenvalue weighted by atomic mass is 9.97. The molecule has 0 amide bonds. The van der Waals surface area contributed by atoms with E-state index in [-0.39, 0.29) is 0 Å². The molecule has 0 fully saturated rings. The Morgan fingerprint density at radius 3 is 2.56 bits per heavy atom. The quantitative estimate of drug-likeness (QED) is 0.397. The fourth-order valence-electron chi connectivity index (χ4n) is 1.61. The first kappa shape index (κ1) is 13.1. The van der Waals surface area contributed by atoms with Gasteiger partial charge in [0.05, 0.1) is 0 Å². The lowest BCUT2D eigenvalue weighted by molar-refractivity contribution is 0.814. The molecule has 0 N–H and O–H groups in total. The normalized spacial score (nSPS) is 11.6. The highest BCUT2D eigenvalue weighted by atomic mass is 35.5. The van der Waals surface area contributed by atoms with Gasteiger partial charge in [-0.25, -0.2) is 0 Å². The predicted octanol–water partition coefficient (Wildman–Crippen LogP) is 4.59. The van der Waals surface area contributed by atoms with E-state index in [0.717, 1.165) is 31.6 Å². The number of alkyl halides is 1. The minimum atomic E-state index is 0.386. The molecule has 0 heterocycles. The van der Waals surface area contributed by atoms with Crippen LogP contribution in [0.3, 0.4) is 0 Å². The maximum atomic E-state index is 5.62. The van der Waals surface area contributed by atoms with E-state index in [4.69, 9.17) is 11.6 Å². The van der Waals surface area contributed by atoms with E-state index < -0.39 is 0 Å². The van der Waals surface area contributed by atoms with E-state index in [2.05, 4.69) is 43.0 Å². The van der Waals surface area contributed by atoms with Gasteiger partial charge in [0.15, 0.2) is 0 Å². The van der Waals surface area contributed by atoms with Crippen molar-refractivity contribution >= 4 is 11.6 Å². The zero-order chi connectivity index (χ0) is 11.6. The van der Waals surface area contributed by atoms with Crippen LogP contribution in [-0.4, -0.2) is 5.88 Å². The van der Waals surface area contributed by atoms with Crippen molar-refractivity contribution in [3.8, 4) is 11.8 Å². The van der Waals surface area contributed by atoms with Crippen molar-refractivity contribution in [3.63, 3.8) is 0 Å². The fraction of sp³-hybridized carbons (Fsp3) is 0.467. The first-order chi connectivity index (χ1) is 7.88. The Morgan fingerprint density at radius 2 is 1.94 bits per heavy atom. The van der Waals surface area contributed by atoms with Crippen molar-refractivity contribution in [3.05, 3.63) is 35.9 Å². The summed E-state index contributed by atoms with van der Waals surface area (Å²) in [7, 11) is 0. The second kappa shape index (κ2) is 8.25. The first-order valence-electron chi connectivity index (χ1n) is 5.97. The minimum Gasteiger partial charge on any atom is -0.127 e. The molecule has 1 aromatic rings. The van der Waals surface area contributed by atoms with Crippen LogP contribution in [0.5, 0.6) is 0 Å². The van der Waals surface area contributed by atoms with Crippen molar-refractivity contribution < 1.29 is 0 Å². The molecule has 1 rings (SSSR count). The number of benzene rings is 1. The van der Waals surface area contributed by atoms with Crippen molar-refractivity contribution in [2.24, 2.45) is 0 Å². The number of unbranched alkanes of at least 4 members (excludes halogenated alkanes) is 2. The molecule has 0 aliphatic rings. The number of hydrogen-bond acceptors (Lipinski definition) is 0. The Hall–Kier alpha value is -0.930. The van der Waals surface area contributed by atoms with Crippen molar-refractivity contribution in [1.29, 1.82) is 0 Å². The summed E-state index contributed by atoms with van der Waals surface area (Å²) in [5, 5.41) is 0. The van der Waals surface area contributed by atoms with Crippen molar-refractivity contribution in [2.75, 3.05) is 5.88 Å². The molecule has 0 nitrogen and oxygen atoms in total. The van der Waals surface area contributed by atoms with Gasteiger partial charge >= 0.3 is 0 Å². The molecular weight excluding hydrogens is 216 g/mol. The molecule has 86 valence electrons. The van der Waals surface area contributed by atoms with Crippen LogP contribution in [0.25, 0.3) is 0 Å². The summed E-state index contributed by atoms with van der Waals surface area (Å²) < 4.78 is 0. The summed E-state index contributed by atoms with van der Waals surface area (Å²) in [6, 6.07) is 10.5. The third-order valence-corrected chi connectivity index (χ3v) is 2.84. The molecule has 16 heavy (non-hydrogen) atoms. The largest absolute Gasteiger partial charge is 0.127 e. The monoisotopic (exact) mass is 234 g/mol. The molecule has 0 saturated heterocycles. The second-order valence-corrected chi connectivity index (χ2v) is 4.22. The SMILES string of the molecule is CC[C@@H](C#CCCCCCl)c1ccccc1. The Morgan fingerprint density at radius 1 is 1.19 bits per heavy atom. The Bertz CT molecular complexity index is 331. The van der Waals surface area contributed by atoms with Gasteiger partial charge < -0.3 is 0 Å². The lowest BCUT2D eigenvalue weighted by Crippen LogP contribution is -1.92. The molecule has 1 aromatic carbocycles. The number of rotatable bonds is 5. The van der Waals surface area contributed by atoms with E-state index in [0.29, 0.717) is 5.92 Å². The van der Waals surface area contributed by atoms with Crippen LogP contribution in [0, 0.1) is 11.8 Å². The van der Waals surface area contributed by atoms with Gasteiger partial charge in [0.2, 0.25) is 0 Å². The van der Waals surface area contributed by atoms with Crippen LogP contribution in [0.1, 0.15) is 44.1 Å². The zero-order valence-electron chi connectivity index (χ0n) is 9.88. The van der Waals surface area contributed by atoms with Crippen LogP contribution < -0.4 is 0 Å². The van der Waals surface area contributed by atoms with Gasteiger partial charge in [-0.05, 0) is 24.8 Å². The maximum absolute atomic E-state index is 5.62. The van der Waals surface area contributed by atoms with Gasteiger partial charge in [0.25, 0.3) is 0 Å². The number of halogens is 1. The topological polar surface area (TPSA) is 0 Å². The summed E-state index contributed by atoms with van der Waals surface area (Å²) >= 11 is 5.62. The van der Waals surface area contributed by atoms with E-state index in [1.165, 1.54) is 5.56 Å². The Kier molecular flexibility index (Phi) is 6.77. The molecule has 0 unspecified atom stereocenters. The van der Waals surface area contributed by atoms with Crippen molar-refractivity contribution in [2.45, 2.75) is 38.5 Å². The highest BCUT2D eigenvalue weighted by Gasteiger charge is 2.03. The van der Waals surface area contributed by atoms with E-state index in [1.807, 2.05) is 6.07 Å². The Labute approximate surface area is 104 Å². The van der Waals surface area contributed by atoms with E-state index in [9.17, 15) is 0 Å². The highest BCUT2D eigenvalue weighted by molar-refractivity contribution is 6.17. The van der Waals surface area contributed by atoms with Crippen LogP contribution in [0.15, 0.2) is 30.3 Å². The summed E-state index contributed by atoms with van der Waals surface area (Å²) in [5.41, 5.74) is 1.33. The summed E-state index contributed by atoms with van der Waals surface area (Å²) in [6.45, 7) is 2.19. The van der Waals surface area contributed by atoms with E-state index in [1.54, 1.807) is 0 Å². The molecule has 1 heteroatoms. The van der Waals surface area contributed by atoms with Crippen LogP contribution in [0.4, 0.5) is 0 Å². The molecule has 1 atom stereocenters. The minimum absolute atomic E-state index is 0.386. The lowest BCUT2D eigenvalue weighted by Gasteiger charge is -2.07. The third-order valence-electron chi connectivity index (χ3n) is 2.57. The molecular formula is C15H19Cl. The van der Waals surface area contributed by atoms with E-state index >= 15 is 0 Å². The van der Waals surface area contributed by atoms with Gasteiger partial charge in [-0.1, -0.05) is 43.2 Å². The van der Waals surface area contributed by atoms with Crippen LogP contribution >= 0.6 is 11.6 Å². The molecule has 0 spiro atoms. The maximum Gasteiger partial charge on any atom is 0.0449 e. The summed E-state index contributed by atoms with van der Waals surface area (Å²) in [5.74, 6) is 7.75. The number of hydrogen-bond donors (Lipinski definition) is 0. The summed E-state index contributed by atoms with van der Waals surface area (Å²) in [6.07, 6.45) is 4.22. The zero-order valence-corrected chi connectivity index (χ0v) is 10.6. The van der Waals surface area contributed by atoms with Crippen LogP contribution in [0.2, 0.25) is 0 Å². The third kappa shape index (κ3) is 4.73. The predicted molar refractivity (Wildman–Crippen MR) is 71.8 cm³/mol. The molecule has 0 aromatic heterocycles. The van der Waals surface area contributed by atoms with Crippen LogP contribution in [-0.2, 0) is 0 Å². The standard InChI is InChI=1S/C15H19Cl/c1-2-14(10-6-3-4-9-13-16)15-11-7-5-8-12-15/h5,7-8,11-12,14H,2-4,9,13H2,1H3/t14-/m0/s1. The smallest absolute Gasteiger partial charge is 0.0449 e. The fourth-order valence-corrected chi connectivity index (χ4v) is 1.80. The van der Waals surface area contributed by atoms with Gasteiger partial charge in [-0.2, -0.15) is 0 Å². The average molecular weight is 235 g/mol. The molecule has 0 saturated carbocycles. The van der Waals surface area contributed by atoms with Gasteiger partial charge in [-0.15, -0.1) is 17.5 Å². The first-order valence-corrected chi connectivity index (χ1v) is 6.51. The molecule has 0 radical (unpaired) electrons. The Balaban J connectivity index is 2.49. The van der Waals surface area contributed by atoms with Crippen molar-refractivity contribution in [1.82, 2.24) is 0 Å². The average Bonchev–Trinajstić information content (AvgIpc) is 2.35. The van der Waals surface area contributed by atoms with Gasteiger partial charge in [0, 0.05) is 18.2 Å². The molecule has 0 bridgehead atoms. The summed E-state index contributed by atoms with van der Waals surface area (Å²) in [4.78, 5) is 0. The molecule has 0 aliphatic carbocycles. The van der Waals surface area contributed by atoms with Gasteiger partial charge in [0.1, 0.15) is 0 Å². The highest BCUT2D eigenvalue weighted by Crippen LogP contribution is 2.17.